The molecule has 5 heteroatoms. The average Bonchev–Trinajstić information content (AvgIpc) is 3.37. The minimum atomic E-state index is -0.733. The topological polar surface area (TPSA) is 61.4 Å². The first-order valence-electron chi connectivity index (χ1n) is 15.4. The predicted molar refractivity (Wildman–Crippen MR) is 157 cm³/mol. The van der Waals surface area contributed by atoms with Gasteiger partial charge in [-0.05, 0) is 78.9 Å². The zero-order valence-electron chi connectivity index (χ0n) is 24.1. The van der Waals surface area contributed by atoms with Crippen LogP contribution in [0.4, 0.5) is 0 Å². The molecule has 210 valence electrons. The van der Waals surface area contributed by atoms with E-state index in [4.69, 9.17) is 0 Å². The summed E-state index contributed by atoms with van der Waals surface area (Å²) < 4.78 is 0. The van der Waals surface area contributed by atoms with Gasteiger partial charge in [0.2, 0.25) is 12.3 Å². The quantitative estimate of drug-likeness (QED) is 0.463. The van der Waals surface area contributed by atoms with Crippen LogP contribution in [0, 0.1) is 28.6 Å². The molecule has 7 rings (SSSR count). The van der Waals surface area contributed by atoms with E-state index < -0.39 is 11.1 Å². The standard InChI is InChI=1S/C35H43N3O2/c1-32-19-10-15-27(32)26-16-22-34(33(2,28(26)17-20-32)21-18-29(40)38(34)3)35(36-23-39)30(24-11-6-4-7-12-24)37-31(35)25-13-8-5-9-14-25/h4-9,11-14,18,21,23,26-28,30-31,37H,10,15-17,19-20,22H2,1-3H3,(H,36,39)/t26-,27-,28-,30?,31?,32-,33+,34+,35?/m0/s1. The highest BCUT2D eigenvalue weighted by Gasteiger charge is 2.77. The van der Waals surface area contributed by atoms with Gasteiger partial charge in [0.05, 0.1) is 17.6 Å². The first kappa shape index (κ1) is 26.0. The van der Waals surface area contributed by atoms with Crippen molar-refractivity contribution in [2.45, 2.75) is 82.0 Å². The summed E-state index contributed by atoms with van der Waals surface area (Å²) in [6.07, 6.45) is 13.4. The van der Waals surface area contributed by atoms with Crippen LogP contribution >= 0.6 is 0 Å². The van der Waals surface area contributed by atoms with E-state index in [-0.39, 0.29) is 23.4 Å². The molecule has 40 heavy (non-hydrogen) atoms. The molecular weight excluding hydrogens is 494 g/mol. The molecule has 8 atom stereocenters. The summed E-state index contributed by atoms with van der Waals surface area (Å²) in [5, 5.41) is 7.40. The maximum Gasteiger partial charge on any atom is 0.246 e. The van der Waals surface area contributed by atoms with E-state index in [9.17, 15) is 9.59 Å². The average molecular weight is 538 g/mol. The molecule has 3 saturated carbocycles. The minimum Gasteiger partial charge on any atom is -0.347 e. The normalized spacial score (nSPS) is 43.7. The molecule has 0 bridgehead atoms. The Morgan fingerprint density at radius 1 is 0.875 bits per heavy atom. The fourth-order valence-corrected chi connectivity index (χ4v) is 11.0. The van der Waals surface area contributed by atoms with E-state index in [1.54, 1.807) is 0 Å². The number of amides is 2. The summed E-state index contributed by atoms with van der Waals surface area (Å²) in [6.45, 7) is 4.97. The van der Waals surface area contributed by atoms with Gasteiger partial charge in [0.1, 0.15) is 5.54 Å². The minimum absolute atomic E-state index is 0.0371. The smallest absolute Gasteiger partial charge is 0.246 e. The largest absolute Gasteiger partial charge is 0.347 e. The number of carbonyl (C=O) groups is 2. The number of nitrogens with zero attached hydrogens (tertiary/aromatic N) is 1. The molecular formula is C35H43N3O2. The van der Waals surface area contributed by atoms with Gasteiger partial charge in [-0.15, -0.1) is 0 Å². The van der Waals surface area contributed by atoms with Crippen LogP contribution < -0.4 is 10.6 Å². The second kappa shape index (κ2) is 9.04. The van der Waals surface area contributed by atoms with Crippen LogP contribution in [0.2, 0.25) is 0 Å². The second-order valence-electron chi connectivity index (χ2n) is 13.9. The van der Waals surface area contributed by atoms with Crippen molar-refractivity contribution >= 4 is 12.3 Å². The third-order valence-electron chi connectivity index (χ3n) is 12.7. The third kappa shape index (κ3) is 3.13. The molecule has 5 nitrogen and oxygen atoms in total. The predicted octanol–water partition coefficient (Wildman–Crippen LogP) is 5.96. The van der Waals surface area contributed by atoms with Crippen molar-refractivity contribution in [1.82, 2.24) is 15.5 Å². The van der Waals surface area contributed by atoms with Crippen LogP contribution in [0.25, 0.3) is 0 Å². The Morgan fingerprint density at radius 2 is 1.52 bits per heavy atom. The maximum atomic E-state index is 13.8. The summed E-state index contributed by atoms with van der Waals surface area (Å²) in [6, 6.07) is 20.7. The Kier molecular flexibility index (Phi) is 5.88. The number of hydrogen-bond acceptors (Lipinski definition) is 3. The summed E-state index contributed by atoms with van der Waals surface area (Å²) in [5.74, 6) is 1.90. The first-order chi connectivity index (χ1) is 19.3. The number of hydrogen-bond donors (Lipinski definition) is 2. The SMILES string of the molecule is CN1C(=O)C=C[C@]2(C)[C@H]3CC[C@]4(C)CCC[C@H]4[C@@H]3CC[C@@]12C1(NC=O)C(c2ccccc2)NC1c1ccccc1. The van der Waals surface area contributed by atoms with Crippen molar-refractivity contribution in [3.8, 4) is 0 Å². The molecule has 2 aromatic carbocycles. The van der Waals surface area contributed by atoms with Crippen molar-refractivity contribution in [3.63, 3.8) is 0 Å². The highest BCUT2D eigenvalue weighted by Crippen LogP contribution is 2.71. The summed E-state index contributed by atoms with van der Waals surface area (Å²) in [5.41, 5.74) is 1.11. The lowest BCUT2D eigenvalue weighted by Crippen LogP contribution is -2.89. The zero-order valence-corrected chi connectivity index (χ0v) is 24.1. The van der Waals surface area contributed by atoms with Gasteiger partial charge in [-0.1, -0.05) is 87.0 Å². The van der Waals surface area contributed by atoms with E-state index in [1.165, 1.54) is 32.1 Å². The van der Waals surface area contributed by atoms with Crippen molar-refractivity contribution in [2.75, 3.05) is 7.05 Å². The van der Waals surface area contributed by atoms with Gasteiger partial charge in [0.15, 0.2) is 0 Å². The lowest BCUT2D eigenvalue weighted by atomic mass is 9.38. The van der Waals surface area contributed by atoms with Crippen molar-refractivity contribution < 1.29 is 9.59 Å². The van der Waals surface area contributed by atoms with E-state index in [0.717, 1.165) is 36.3 Å². The summed E-state index contributed by atoms with van der Waals surface area (Å²) in [7, 11) is 2.00. The molecule has 2 aliphatic heterocycles. The number of likely N-dealkylation sites (N-methyl/N-ethyl adjacent to an activating group) is 1. The Labute approximate surface area is 238 Å². The molecule has 1 saturated heterocycles. The van der Waals surface area contributed by atoms with Crippen molar-refractivity contribution in [1.29, 1.82) is 0 Å². The number of rotatable bonds is 5. The molecule has 2 aromatic rings. The van der Waals surface area contributed by atoms with Gasteiger partial charge in [0, 0.05) is 12.5 Å². The molecule has 2 unspecified atom stereocenters. The maximum absolute atomic E-state index is 13.8. The summed E-state index contributed by atoms with van der Waals surface area (Å²) >= 11 is 0. The Morgan fingerprint density at radius 3 is 2.15 bits per heavy atom. The first-order valence-corrected chi connectivity index (χ1v) is 15.4. The zero-order chi connectivity index (χ0) is 27.8. The van der Waals surface area contributed by atoms with Crippen LogP contribution in [0.1, 0.15) is 82.0 Å². The molecule has 2 N–H and O–H groups in total. The van der Waals surface area contributed by atoms with Crippen LogP contribution in [-0.2, 0) is 9.59 Å². The molecule has 4 fully saturated rings. The van der Waals surface area contributed by atoms with Crippen molar-refractivity contribution in [3.05, 3.63) is 83.9 Å². The van der Waals surface area contributed by atoms with Crippen LogP contribution in [-0.4, -0.2) is 35.3 Å². The molecule has 0 spiro atoms. The lowest BCUT2D eigenvalue weighted by molar-refractivity contribution is -0.205. The van der Waals surface area contributed by atoms with Gasteiger partial charge < -0.3 is 10.2 Å². The monoisotopic (exact) mass is 537 g/mol. The van der Waals surface area contributed by atoms with Crippen LogP contribution in [0.5, 0.6) is 0 Å². The van der Waals surface area contributed by atoms with E-state index in [2.05, 4.69) is 84.0 Å². The van der Waals surface area contributed by atoms with Gasteiger partial charge in [-0.3, -0.25) is 14.9 Å². The fourth-order valence-electron chi connectivity index (χ4n) is 11.0. The van der Waals surface area contributed by atoms with Gasteiger partial charge in [-0.2, -0.15) is 0 Å². The molecule has 2 heterocycles. The Bertz CT molecular complexity index is 1280. The van der Waals surface area contributed by atoms with Gasteiger partial charge in [-0.25, -0.2) is 0 Å². The number of benzene rings is 2. The van der Waals surface area contributed by atoms with E-state index in [1.807, 2.05) is 25.3 Å². The number of nitrogens with one attached hydrogen (secondary N) is 2. The van der Waals surface area contributed by atoms with E-state index >= 15 is 0 Å². The second-order valence-corrected chi connectivity index (χ2v) is 13.9. The highest BCUT2D eigenvalue weighted by molar-refractivity contribution is 5.90. The molecule has 0 aromatic heterocycles. The van der Waals surface area contributed by atoms with Crippen molar-refractivity contribution in [2.24, 2.45) is 28.6 Å². The van der Waals surface area contributed by atoms with E-state index in [0.29, 0.717) is 17.3 Å². The summed E-state index contributed by atoms with van der Waals surface area (Å²) in [4.78, 5) is 28.6. The Balaban J connectivity index is 1.46. The highest BCUT2D eigenvalue weighted by atomic mass is 16.2. The van der Waals surface area contributed by atoms with Crippen LogP contribution in [0.15, 0.2) is 72.8 Å². The molecule has 2 amide bonds. The van der Waals surface area contributed by atoms with Crippen LogP contribution in [0.3, 0.4) is 0 Å². The third-order valence-corrected chi connectivity index (χ3v) is 12.7. The fraction of sp³-hybridized carbons (Fsp3) is 0.543. The lowest BCUT2D eigenvalue weighted by Gasteiger charge is -2.75. The molecule has 3 aliphatic carbocycles. The van der Waals surface area contributed by atoms with Gasteiger partial charge in [0.25, 0.3) is 0 Å². The van der Waals surface area contributed by atoms with Gasteiger partial charge >= 0.3 is 0 Å². The number of fused-ring (bicyclic) bond motifs is 5. The molecule has 0 radical (unpaired) electrons. The molecule has 5 aliphatic rings. The number of carbonyl (C=O) groups excluding carboxylic acids is 2. The Hall–Kier alpha value is -2.92.